The van der Waals surface area contributed by atoms with Crippen LogP contribution in [0.15, 0.2) is 0 Å². The molecule has 2 aliphatic heterocycles. The summed E-state index contributed by atoms with van der Waals surface area (Å²) in [5.74, 6) is 1.51. The molecule has 1 unspecified atom stereocenters. The van der Waals surface area contributed by atoms with Crippen LogP contribution in [0.3, 0.4) is 0 Å². The van der Waals surface area contributed by atoms with Gasteiger partial charge in [0.2, 0.25) is 0 Å². The Morgan fingerprint density at radius 2 is 1.93 bits per heavy atom. The number of hydrogen-bond acceptors (Lipinski definition) is 3. The van der Waals surface area contributed by atoms with Gasteiger partial charge in [-0.15, -0.1) is 0 Å². The lowest BCUT2D eigenvalue weighted by molar-refractivity contribution is 0.177. The van der Waals surface area contributed by atoms with E-state index in [0.717, 1.165) is 18.4 Å². The predicted octanol–water partition coefficient (Wildman–Crippen LogP) is 0.265. The van der Waals surface area contributed by atoms with Crippen molar-refractivity contribution in [1.29, 1.82) is 0 Å². The lowest BCUT2D eigenvalue weighted by Gasteiger charge is -2.34. The summed E-state index contributed by atoms with van der Waals surface area (Å²) >= 11 is 0. The molecule has 3 nitrogen and oxygen atoms in total. The van der Waals surface area contributed by atoms with Crippen molar-refractivity contribution < 1.29 is 0 Å². The van der Waals surface area contributed by atoms with Gasteiger partial charge in [-0.2, -0.15) is 0 Å². The van der Waals surface area contributed by atoms with Crippen LogP contribution in [0.5, 0.6) is 0 Å². The van der Waals surface area contributed by atoms with E-state index in [1.807, 2.05) is 0 Å². The number of hydrogen-bond donors (Lipinski definition) is 2. The second-order valence-corrected chi connectivity index (χ2v) is 4.97. The Hall–Kier alpha value is -0.120. The van der Waals surface area contributed by atoms with Crippen LogP contribution < -0.4 is 11.1 Å². The fraction of sp³-hybridized carbons (Fsp3) is 1.00. The number of likely N-dealkylation sites (tertiary alicyclic amines) is 1. The minimum absolute atomic E-state index is 0.443. The van der Waals surface area contributed by atoms with E-state index < -0.39 is 0 Å². The molecule has 14 heavy (non-hydrogen) atoms. The van der Waals surface area contributed by atoms with E-state index in [0.29, 0.717) is 6.04 Å². The van der Waals surface area contributed by atoms with Crippen LogP contribution in [0.1, 0.15) is 19.3 Å². The Balaban J connectivity index is 1.82. The molecule has 2 atom stereocenters. The van der Waals surface area contributed by atoms with Crippen molar-refractivity contribution in [2.24, 2.45) is 17.6 Å². The van der Waals surface area contributed by atoms with Crippen molar-refractivity contribution in [2.45, 2.75) is 25.3 Å². The monoisotopic (exact) mass is 197 g/mol. The zero-order chi connectivity index (χ0) is 9.97. The molecule has 0 amide bonds. The minimum Gasteiger partial charge on any atom is -0.327 e. The van der Waals surface area contributed by atoms with E-state index in [9.17, 15) is 0 Å². The van der Waals surface area contributed by atoms with Crippen LogP contribution in [-0.4, -0.2) is 44.2 Å². The molecule has 0 aromatic carbocycles. The first-order valence-electron chi connectivity index (χ1n) is 5.92. The van der Waals surface area contributed by atoms with E-state index in [-0.39, 0.29) is 0 Å². The highest BCUT2D eigenvalue weighted by Crippen LogP contribution is 2.25. The maximum Gasteiger partial charge on any atom is 0.0109 e. The first-order chi connectivity index (χ1) is 6.77. The number of nitrogens with one attached hydrogen (secondary N) is 1. The van der Waals surface area contributed by atoms with Gasteiger partial charge in [0.05, 0.1) is 0 Å². The van der Waals surface area contributed by atoms with Gasteiger partial charge in [0, 0.05) is 6.04 Å². The van der Waals surface area contributed by atoms with Crippen LogP contribution >= 0.6 is 0 Å². The first kappa shape index (κ1) is 10.4. The molecule has 0 aromatic heterocycles. The predicted molar refractivity (Wildman–Crippen MR) is 59.2 cm³/mol. The highest BCUT2D eigenvalue weighted by Gasteiger charge is 2.30. The summed E-state index contributed by atoms with van der Waals surface area (Å²) < 4.78 is 0. The van der Waals surface area contributed by atoms with Crippen LogP contribution in [0, 0.1) is 11.8 Å². The van der Waals surface area contributed by atoms with Gasteiger partial charge in [0.25, 0.3) is 0 Å². The third kappa shape index (κ3) is 2.27. The summed E-state index contributed by atoms with van der Waals surface area (Å²) in [6.07, 6.45) is 3.88. The van der Waals surface area contributed by atoms with E-state index in [1.54, 1.807) is 0 Å². The second kappa shape index (κ2) is 4.60. The maximum absolute atomic E-state index is 6.34. The van der Waals surface area contributed by atoms with Crippen LogP contribution in [0.4, 0.5) is 0 Å². The van der Waals surface area contributed by atoms with E-state index in [2.05, 4.69) is 17.3 Å². The number of rotatable bonds is 2. The Morgan fingerprint density at radius 1 is 1.21 bits per heavy atom. The minimum atomic E-state index is 0.443. The molecule has 2 aliphatic rings. The summed E-state index contributed by atoms with van der Waals surface area (Å²) in [5.41, 5.74) is 6.34. The smallest absolute Gasteiger partial charge is 0.0109 e. The second-order valence-electron chi connectivity index (χ2n) is 4.97. The van der Waals surface area contributed by atoms with Gasteiger partial charge in [-0.05, 0) is 64.3 Å². The highest BCUT2D eigenvalue weighted by molar-refractivity contribution is 4.87. The van der Waals surface area contributed by atoms with Gasteiger partial charge >= 0.3 is 0 Å². The molecule has 0 aromatic rings. The van der Waals surface area contributed by atoms with Crippen molar-refractivity contribution >= 4 is 0 Å². The van der Waals surface area contributed by atoms with Gasteiger partial charge in [0.1, 0.15) is 0 Å². The molecule has 2 heterocycles. The summed E-state index contributed by atoms with van der Waals surface area (Å²) in [6.45, 7) is 4.79. The first-order valence-corrected chi connectivity index (χ1v) is 5.92. The van der Waals surface area contributed by atoms with Gasteiger partial charge in [-0.1, -0.05) is 0 Å². The molecule has 3 heteroatoms. The third-order valence-corrected chi connectivity index (χ3v) is 3.95. The quantitative estimate of drug-likeness (QED) is 0.667. The summed E-state index contributed by atoms with van der Waals surface area (Å²) in [5, 5.41) is 3.41. The summed E-state index contributed by atoms with van der Waals surface area (Å²) in [7, 11) is 2.21. The molecule has 2 fully saturated rings. The average Bonchev–Trinajstić information content (AvgIpc) is 2.71. The highest BCUT2D eigenvalue weighted by atomic mass is 15.1. The van der Waals surface area contributed by atoms with Crippen molar-refractivity contribution in [1.82, 2.24) is 10.2 Å². The molecule has 2 saturated heterocycles. The molecule has 82 valence electrons. The van der Waals surface area contributed by atoms with Crippen LogP contribution in [0.25, 0.3) is 0 Å². The fourth-order valence-corrected chi connectivity index (χ4v) is 2.80. The third-order valence-electron chi connectivity index (χ3n) is 3.95. The average molecular weight is 197 g/mol. The molecular formula is C11H23N3. The van der Waals surface area contributed by atoms with E-state index in [1.165, 1.54) is 38.9 Å². The normalized spacial score (nSPS) is 33.4. The van der Waals surface area contributed by atoms with Gasteiger partial charge in [-0.3, -0.25) is 0 Å². The molecule has 3 N–H and O–H groups in total. The lowest BCUT2D eigenvalue weighted by Crippen LogP contribution is -2.44. The number of nitrogens with two attached hydrogens (primary N) is 1. The Bertz CT molecular complexity index is 169. The molecule has 0 saturated carbocycles. The lowest BCUT2D eigenvalue weighted by atomic mass is 9.82. The van der Waals surface area contributed by atoms with Gasteiger partial charge in [-0.25, -0.2) is 0 Å². The van der Waals surface area contributed by atoms with Gasteiger partial charge < -0.3 is 16.0 Å². The van der Waals surface area contributed by atoms with Crippen LogP contribution in [-0.2, 0) is 0 Å². The van der Waals surface area contributed by atoms with Crippen LogP contribution in [0.2, 0.25) is 0 Å². The van der Waals surface area contributed by atoms with E-state index in [4.69, 9.17) is 5.73 Å². The van der Waals surface area contributed by atoms with Gasteiger partial charge in [0.15, 0.2) is 0 Å². The Labute approximate surface area is 87.0 Å². The Morgan fingerprint density at radius 3 is 2.50 bits per heavy atom. The zero-order valence-electron chi connectivity index (χ0n) is 9.21. The molecular weight excluding hydrogens is 174 g/mol. The largest absolute Gasteiger partial charge is 0.327 e. The molecule has 0 bridgehead atoms. The van der Waals surface area contributed by atoms with Crippen molar-refractivity contribution in [3.05, 3.63) is 0 Å². The zero-order valence-corrected chi connectivity index (χ0v) is 9.21. The maximum atomic E-state index is 6.34. The number of piperidine rings is 1. The fourth-order valence-electron chi connectivity index (χ4n) is 2.80. The standard InChI is InChI=1S/C11H23N3/c1-14-6-3-9(4-7-14)11(12)10-2-5-13-8-10/h9-11,13H,2-8,12H2,1H3/t10-,11?/m0/s1. The van der Waals surface area contributed by atoms with Crippen molar-refractivity contribution in [3.63, 3.8) is 0 Å². The summed E-state index contributed by atoms with van der Waals surface area (Å²) in [4.78, 5) is 2.41. The SMILES string of the molecule is CN1CCC(C(N)[C@H]2CCNC2)CC1. The molecule has 0 aliphatic carbocycles. The number of nitrogens with zero attached hydrogens (tertiary/aromatic N) is 1. The van der Waals surface area contributed by atoms with Crippen molar-refractivity contribution in [2.75, 3.05) is 33.2 Å². The summed E-state index contributed by atoms with van der Waals surface area (Å²) in [6, 6.07) is 0.443. The topological polar surface area (TPSA) is 41.3 Å². The molecule has 2 rings (SSSR count). The van der Waals surface area contributed by atoms with Crippen molar-refractivity contribution in [3.8, 4) is 0 Å². The van der Waals surface area contributed by atoms with E-state index >= 15 is 0 Å². The molecule has 0 radical (unpaired) electrons. The Kier molecular flexibility index (Phi) is 3.42. The molecule has 0 spiro atoms.